The van der Waals surface area contributed by atoms with E-state index in [4.69, 9.17) is 9.47 Å². The lowest BCUT2D eigenvalue weighted by Crippen LogP contribution is -2.50. The van der Waals surface area contributed by atoms with Gasteiger partial charge in [-0.05, 0) is 36.0 Å². The molecule has 9 nitrogen and oxygen atoms in total. The lowest BCUT2D eigenvalue weighted by Gasteiger charge is -2.42. The SMILES string of the molecule is CC1C(CN2CCC(O)C2)OC(c2ccc(CNC(=O)C3CCCN3C(=O)C(F)(F)F)cc2)OC1c1ccc(CO)cc1. The van der Waals surface area contributed by atoms with Crippen LogP contribution in [-0.4, -0.2) is 82.4 Å². The number of aliphatic hydroxyl groups is 2. The van der Waals surface area contributed by atoms with Crippen LogP contribution in [0.2, 0.25) is 0 Å². The van der Waals surface area contributed by atoms with Gasteiger partial charge in [0.2, 0.25) is 5.91 Å². The number of hydrogen-bond donors (Lipinski definition) is 3. The van der Waals surface area contributed by atoms with E-state index in [1.165, 1.54) is 0 Å². The van der Waals surface area contributed by atoms with Crippen molar-refractivity contribution in [2.24, 2.45) is 5.92 Å². The second-order valence-corrected chi connectivity index (χ2v) is 11.6. The Morgan fingerprint density at radius 2 is 1.65 bits per heavy atom. The zero-order valence-electron chi connectivity index (χ0n) is 24.0. The molecule has 3 fully saturated rings. The molecular weight excluding hydrogens is 567 g/mol. The number of benzene rings is 2. The van der Waals surface area contributed by atoms with E-state index in [1.807, 2.05) is 36.4 Å². The fourth-order valence-electron chi connectivity index (χ4n) is 6.11. The first kappa shape index (κ1) is 31.4. The summed E-state index contributed by atoms with van der Waals surface area (Å²) in [7, 11) is 0. The predicted octanol–water partition coefficient (Wildman–Crippen LogP) is 3.21. The lowest BCUT2D eigenvalue weighted by atomic mass is 9.90. The van der Waals surface area contributed by atoms with Gasteiger partial charge >= 0.3 is 12.1 Å². The highest BCUT2D eigenvalue weighted by Gasteiger charge is 2.47. The Kier molecular flexibility index (Phi) is 9.72. The molecule has 2 aromatic carbocycles. The summed E-state index contributed by atoms with van der Waals surface area (Å²) in [6, 6.07) is 13.8. The minimum Gasteiger partial charge on any atom is -0.392 e. The first-order valence-corrected chi connectivity index (χ1v) is 14.7. The van der Waals surface area contributed by atoms with Crippen LogP contribution in [-0.2, 0) is 32.2 Å². The Morgan fingerprint density at radius 3 is 2.28 bits per heavy atom. The number of amides is 2. The smallest absolute Gasteiger partial charge is 0.392 e. The number of carbonyl (C=O) groups excluding carboxylic acids is 2. The zero-order chi connectivity index (χ0) is 30.7. The molecule has 12 heteroatoms. The van der Waals surface area contributed by atoms with Gasteiger partial charge in [0, 0.05) is 44.2 Å². The molecule has 0 saturated carbocycles. The van der Waals surface area contributed by atoms with E-state index in [0.717, 1.165) is 35.2 Å². The highest BCUT2D eigenvalue weighted by molar-refractivity contribution is 5.90. The van der Waals surface area contributed by atoms with E-state index < -0.39 is 30.3 Å². The lowest BCUT2D eigenvalue weighted by molar-refractivity contribution is -0.276. The van der Waals surface area contributed by atoms with Crippen molar-refractivity contribution in [2.45, 2.75) is 76.2 Å². The Labute approximate surface area is 248 Å². The molecule has 234 valence electrons. The number of aliphatic hydroxyl groups excluding tert-OH is 2. The Hall–Kier alpha value is -3.03. The van der Waals surface area contributed by atoms with Crippen molar-refractivity contribution in [1.29, 1.82) is 0 Å². The zero-order valence-corrected chi connectivity index (χ0v) is 24.0. The molecule has 0 radical (unpaired) electrons. The van der Waals surface area contributed by atoms with Gasteiger partial charge in [-0.3, -0.25) is 14.5 Å². The van der Waals surface area contributed by atoms with Gasteiger partial charge in [0.05, 0.1) is 24.9 Å². The van der Waals surface area contributed by atoms with Crippen molar-refractivity contribution in [3.8, 4) is 0 Å². The van der Waals surface area contributed by atoms with Crippen LogP contribution in [0.4, 0.5) is 13.2 Å². The number of likely N-dealkylation sites (tertiary alicyclic amines) is 2. The van der Waals surface area contributed by atoms with Crippen molar-refractivity contribution in [3.63, 3.8) is 0 Å². The van der Waals surface area contributed by atoms with Crippen LogP contribution in [0.15, 0.2) is 48.5 Å². The van der Waals surface area contributed by atoms with Gasteiger partial charge in [-0.2, -0.15) is 13.2 Å². The first-order valence-electron chi connectivity index (χ1n) is 14.7. The van der Waals surface area contributed by atoms with Crippen LogP contribution >= 0.6 is 0 Å². The van der Waals surface area contributed by atoms with Crippen LogP contribution in [0.1, 0.15) is 60.8 Å². The number of ether oxygens (including phenoxy) is 2. The molecule has 3 heterocycles. The maximum atomic E-state index is 12.9. The van der Waals surface area contributed by atoms with Crippen LogP contribution in [0.5, 0.6) is 0 Å². The summed E-state index contributed by atoms with van der Waals surface area (Å²) in [5.41, 5.74) is 3.27. The average Bonchev–Trinajstić information content (AvgIpc) is 3.65. The molecule has 3 aliphatic heterocycles. The van der Waals surface area contributed by atoms with E-state index in [2.05, 4.69) is 17.1 Å². The Balaban J connectivity index is 1.25. The van der Waals surface area contributed by atoms with E-state index in [0.29, 0.717) is 24.4 Å². The number of alkyl halides is 3. The standard InChI is InChI=1S/C31H38F3N3O6/c1-19-26(17-36-14-12-24(39)16-36)42-29(43-27(19)22-8-6-21(18-38)7-9-22)23-10-4-20(5-11-23)15-35-28(40)25-3-2-13-37(25)30(41)31(32,33)34/h4-11,19,24-27,29,38-39H,2-3,12-18H2,1H3,(H,35,40). The molecular formula is C31H38F3N3O6. The number of halogens is 3. The summed E-state index contributed by atoms with van der Waals surface area (Å²) in [4.78, 5) is 27.2. The molecule has 5 rings (SSSR count). The monoisotopic (exact) mass is 605 g/mol. The van der Waals surface area contributed by atoms with Crippen molar-refractivity contribution in [2.75, 3.05) is 26.2 Å². The van der Waals surface area contributed by atoms with Gasteiger partial charge in [-0.1, -0.05) is 55.5 Å². The fraction of sp³-hybridized carbons (Fsp3) is 0.548. The molecule has 3 aliphatic rings. The Bertz CT molecular complexity index is 1260. The van der Waals surface area contributed by atoms with Crippen LogP contribution in [0.25, 0.3) is 0 Å². The average molecular weight is 606 g/mol. The summed E-state index contributed by atoms with van der Waals surface area (Å²) in [5, 5.41) is 22.1. The molecule has 0 aliphatic carbocycles. The maximum Gasteiger partial charge on any atom is 0.471 e. The molecule has 3 saturated heterocycles. The van der Waals surface area contributed by atoms with Crippen molar-refractivity contribution in [3.05, 3.63) is 70.8 Å². The number of carbonyl (C=O) groups is 2. The number of nitrogens with zero attached hydrogens (tertiary/aromatic N) is 2. The van der Waals surface area contributed by atoms with Crippen molar-refractivity contribution >= 4 is 11.8 Å². The highest BCUT2D eigenvalue weighted by Crippen LogP contribution is 2.42. The number of β-amino-alcohol motifs (C(OH)–C–C–N with tert-alkyl or cyclic N) is 1. The van der Waals surface area contributed by atoms with Gasteiger partial charge in [0.25, 0.3) is 0 Å². The largest absolute Gasteiger partial charge is 0.471 e. The number of hydrogen-bond acceptors (Lipinski definition) is 7. The van der Waals surface area contributed by atoms with Gasteiger partial charge < -0.3 is 29.9 Å². The third kappa shape index (κ3) is 7.38. The second kappa shape index (κ2) is 13.3. The van der Waals surface area contributed by atoms with E-state index >= 15 is 0 Å². The molecule has 2 amide bonds. The summed E-state index contributed by atoms with van der Waals surface area (Å²) in [5.74, 6) is -2.60. The highest BCUT2D eigenvalue weighted by atomic mass is 19.4. The fourth-order valence-corrected chi connectivity index (χ4v) is 6.11. The number of nitrogens with one attached hydrogen (secondary N) is 1. The summed E-state index contributed by atoms with van der Waals surface area (Å²) >= 11 is 0. The van der Waals surface area contributed by atoms with Crippen LogP contribution in [0.3, 0.4) is 0 Å². The third-order valence-corrected chi connectivity index (χ3v) is 8.59. The normalized spacial score (nSPS) is 28.3. The quantitative estimate of drug-likeness (QED) is 0.424. The molecule has 0 bridgehead atoms. The van der Waals surface area contributed by atoms with Gasteiger partial charge in [0.1, 0.15) is 6.04 Å². The van der Waals surface area contributed by atoms with E-state index in [-0.39, 0.29) is 50.3 Å². The topological polar surface area (TPSA) is 112 Å². The van der Waals surface area contributed by atoms with Gasteiger partial charge in [-0.25, -0.2) is 0 Å². The molecule has 3 N–H and O–H groups in total. The predicted molar refractivity (Wildman–Crippen MR) is 149 cm³/mol. The van der Waals surface area contributed by atoms with Crippen molar-refractivity contribution in [1.82, 2.24) is 15.1 Å². The maximum absolute atomic E-state index is 12.9. The van der Waals surface area contributed by atoms with Gasteiger partial charge in [-0.15, -0.1) is 0 Å². The third-order valence-electron chi connectivity index (χ3n) is 8.59. The van der Waals surface area contributed by atoms with Gasteiger partial charge in [0.15, 0.2) is 6.29 Å². The minimum absolute atomic E-state index is 0.00263. The Morgan fingerprint density at radius 1 is 0.977 bits per heavy atom. The summed E-state index contributed by atoms with van der Waals surface area (Å²) in [6.07, 6.45) is -5.26. The van der Waals surface area contributed by atoms with Crippen LogP contribution in [0, 0.1) is 5.92 Å². The molecule has 6 atom stereocenters. The summed E-state index contributed by atoms with van der Waals surface area (Å²) in [6.45, 7) is 4.05. The molecule has 2 aromatic rings. The molecule has 0 spiro atoms. The summed E-state index contributed by atoms with van der Waals surface area (Å²) < 4.78 is 51.7. The number of rotatable bonds is 8. The first-order chi connectivity index (χ1) is 20.5. The van der Waals surface area contributed by atoms with E-state index in [9.17, 15) is 33.0 Å². The second-order valence-electron chi connectivity index (χ2n) is 11.6. The minimum atomic E-state index is -5.02. The van der Waals surface area contributed by atoms with Crippen molar-refractivity contribution < 1.29 is 42.4 Å². The van der Waals surface area contributed by atoms with E-state index in [1.54, 1.807) is 12.1 Å². The molecule has 6 unspecified atom stereocenters. The molecule has 0 aromatic heterocycles. The van der Waals surface area contributed by atoms with Crippen LogP contribution < -0.4 is 5.32 Å². The molecule has 43 heavy (non-hydrogen) atoms.